The number of hydrogen-bond donors (Lipinski definition) is 2. The summed E-state index contributed by atoms with van der Waals surface area (Å²) in [5.41, 5.74) is 2.75. The predicted molar refractivity (Wildman–Crippen MR) is 162 cm³/mol. The molecule has 2 aromatic heterocycles. The molecule has 3 rings (SSSR count). The number of unbranched alkanes of at least 4 members (excludes halogenated alkanes) is 13. The molecule has 2 N–H and O–H groups in total. The molecule has 0 atom stereocenters. The van der Waals surface area contributed by atoms with Gasteiger partial charge in [-0.25, -0.2) is 9.78 Å². The lowest BCUT2D eigenvalue weighted by molar-refractivity contribution is 0.159. The van der Waals surface area contributed by atoms with E-state index in [0.29, 0.717) is 28.8 Å². The molecule has 0 radical (unpaired) electrons. The summed E-state index contributed by atoms with van der Waals surface area (Å²) >= 11 is 6.55. The maximum atomic E-state index is 12.3. The molecule has 0 fully saturated rings. The third kappa shape index (κ3) is 10.2. The van der Waals surface area contributed by atoms with Crippen LogP contribution in [0.5, 0.6) is 0 Å². The molecule has 0 aliphatic heterocycles. The second kappa shape index (κ2) is 15.9. The lowest BCUT2D eigenvalue weighted by Crippen LogP contribution is -2.14. The fraction of sp³-hybridized carbons (Fsp3) is 0.645. The summed E-state index contributed by atoms with van der Waals surface area (Å²) in [6.45, 7) is 8.95. The van der Waals surface area contributed by atoms with Crippen molar-refractivity contribution in [2.75, 3.05) is 11.9 Å². The topological polar surface area (TPSA) is 84.3 Å². The van der Waals surface area contributed by atoms with E-state index >= 15 is 0 Å². The van der Waals surface area contributed by atoms with Crippen molar-refractivity contribution in [1.29, 1.82) is 0 Å². The minimum absolute atomic E-state index is 0.142. The SMILES string of the molecule is CCCCCCCCCCCCCCCCOC(=O)Nc1cccc(-c2nc3c(Cl)c(C(C)(C)C)[nH]n3n2)c1. The van der Waals surface area contributed by atoms with Crippen LogP contribution in [0.1, 0.15) is 123 Å². The van der Waals surface area contributed by atoms with Crippen LogP contribution in [-0.4, -0.2) is 32.5 Å². The quantitative estimate of drug-likeness (QED) is 0.162. The van der Waals surface area contributed by atoms with Crippen molar-refractivity contribution in [3.05, 3.63) is 35.0 Å². The number of halogens is 1. The van der Waals surface area contributed by atoms with Gasteiger partial charge in [0.1, 0.15) is 5.02 Å². The lowest BCUT2D eigenvalue weighted by atomic mass is 9.92. The molecule has 2 heterocycles. The average Bonchev–Trinajstić information content (AvgIpc) is 3.46. The predicted octanol–water partition coefficient (Wildman–Crippen LogP) is 9.71. The first-order chi connectivity index (χ1) is 18.8. The van der Waals surface area contributed by atoms with Gasteiger partial charge in [-0.15, -0.1) is 5.10 Å². The molecule has 0 unspecified atom stereocenters. The van der Waals surface area contributed by atoms with Gasteiger partial charge in [-0.05, 0) is 18.6 Å². The Hall–Kier alpha value is -2.54. The zero-order chi connectivity index (χ0) is 28.1. The van der Waals surface area contributed by atoms with Crippen molar-refractivity contribution >= 4 is 29.0 Å². The van der Waals surface area contributed by atoms with Crippen molar-refractivity contribution in [3.63, 3.8) is 0 Å². The standard InChI is InChI=1S/C31H48ClN5O2/c1-5-6-7-8-9-10-11-12-13-14-15-16-17-18-22-39-30(38)33-25-21-19-20-24(23-25)28-34-29-26(32)27(31(2,3)4)35-37(29)36-28/h19-21,23,35H,5-18,22H2,1-4H3,(H,33,38). The molecule has 1 aromatic carbocycles. The Morgan fingerprint density at radius 2 is 1.54 bits per heavy atom. The number of nitrogens with one attached hydrogen (secondary N) is 2. The molecule has 216 valence electrons. The summed E-state index contributed by atoms with van der Waals surface area (Å²) in [6, 6.07) is 7.42. The van der Waals surface area contributed by atoms with E-state index in [2.05, 4.69) is 48.2 Å². The number of nitrogens with zero attached hydrogens (tertiary/aromatic N) is 3. The highest BCUT2D eigenvalue weighted by molar-refractivity contribution is 6.34. The Morgan fingerprint density at radius 1 is 0.949 bits per heavy atom. The van der Waals surface area contributed by atoms with Gasteiger partial charge < -0.3 is 4.74 Å². The van der Waals surface area contributed by atoms with Crippen LogP contribution >= 0.6 is 11.6 Å². The number of rotatable bonds is 17. The van der Waals surface area contributed by atoms with Crippen LogP contribution in [0.4, 0.5) is 10.5 Å². The molecule has 0 aliphatic rings. The Kier molecular flexibility index (Phi) is 12.6. The average molecular weight is 558 g/mol. The summed E-state index contributed by atoms with van der Waals surface area (Å²) < 4.78 is 6.99. The van der Waals surface area contributed by atoms with Gasteiger partial charge in [0.05, 0.1) is 12.3 Å². The summed E-state index contributed by atoms with van der Waals surface area (Å²) in [7, 11) is 0. The molecule has 0 aliphatic carbocycles. The van der Waals surface area contributed by atoms with Crippen LogP contribution < -0.4 is 5.32 Å². The van der Waals surface area contributed by atoms with E-state index in [0.717, 1.165) is 24.1 Å². The number of ether oxygens (including phenoxy) is 1. The Morgan fingerprint density at radius 3 is 2.10 bits per heavy atom. The number of hydrogen-bond acceptors (Lipinski definition) is 4. The number of carbonyl (C=O) groups excluding carboxylic acids is 1. The molecule has 39 heavy (non-hydrogen) atoms. The molecule has 8 heteroatoms. The van der Waals surface area contributed by atoms with E-state index in [9.17, 15) is 4.79 Å². The molecule has 7 nitrogen and oxygen atoms in total. The first-order valence-electron chi connectivity index (χ1n) is 15.0. The summed E-state index contributed by atoms with van der Waals surface area (Å²) in [4.78, 5) is 16.9. The number of aromatic nitrogens is 4. The Balaban J connectivity index is 1.29. The smallest absolute Gasteiger partial charge is 0.411 e. The van der Waals surface area contributed by atoms with Crippen molar-refractivity contribution in [2.24, 2.45) is 0 Å². The highest BCUT2D eigenvalue weighted by Crippen LogP contribution is 2.32. The second-order valence-electron chi connectivity index (χ2n) is 11.7. The Bertz CT molecular complexity index is 1150. The van der Waals surface area contributed by atoms with E-state index in [-0.39, 0.29) is 5.41 Å². The van der Waals surface area contributed by atoms with Crippen LogP contribution in [0, 0.1) is 0 Å². The van der Waals surface area contributed by atoms with Crippen LogP contribution in [0.15, 0.2) is 24.3 Å². The van der Waals surface area contributed by atoms with Gasteiger partial charge in [0.25, 0.3) is 0 Å². The highest BCUT2D eigenvalue weighted by atomic mass is 35.5. The van der Waals surface area contributed by atoms with Gasteiger partial charge in [-0.2, -0.15) is 4.63 Å². The van der Waals surface area contributed by atoms with Crippen molar-refractivity contribution in [1.82, 2.24) is 19.8 Å². The molecular weight excluding hydrogens is 510 g/mol. The third-order valence-electron chi connectivity index (χ3n) is 7.09. The van der Waals surface area contributed by atoms with E-state index in [1.165, 1.54) is 77.0 Å². The number of anilines is 1. The molecule has 3 aromatic rings. The Labute approximate surface area is 239 Å². The first-order valence-corrected chi connectivity index (χ1v) is 15.4. The number of H-pyrrole nitrogens is 1. The van der Waals surface area contributed by atoms with Gasteiger partial charge >= 0.3 is 6.09 Å². The van der Waals surface area contributed by atoms with Crippen LogP contribution in [0.25, 0.3) is 17.0 Å². The molecule has 0 bridgehead atoms. The summed E-state index contributed by atoms with van der Waals surface area (Å²) in [6.07, 6.45) is 17.8. The van der Waals surface area contributed by atoms with Crippen molar-refractivity contribution < 1.29 is 9.53 Å². The number of amides is 1. The van der Waals surface area contributed by atoms with Crippen molar-refractivity contribution in [3.8, 4) is 11.4 Å². The van der Waals surface area contributed by atoms with Gasteiger partial charge in [-0.1, -0.05) is 135 Å². The maximum Gasteiger partial charge on any atom is 0.411 e. The fourth-order valence-electron chi connectivity index (χ4n) is 4.77. The van der Waals surface area contributed by atoms with Crippen molar-refractivity contribution in [2.45, 2.75) is 123 Å². The van der Waals surface area contributed by atoms with Gasteiger partial charge in [0.2, 0.25) is 0 Å². The monoisotopic (exact) mass is 557 g/mol. The van der Waals surface area contributed by atoms with E-state index in [4.69, 9.17) is 16.3 Å². The third-order valence-corrected chi connectivity index (χ3v) is 7.45. The van der Waals surface area contributed by atoms with Crippen LogP contribution in [0.2, 0.25) is 5.02 Å². The largest absolute Gasteiger partial charge is 0.449 e. The fourth-order valence-corrected chi connectivity index (χ4v) is 5.22. The summed E-state index contributed by atoms with van der Waals surface area (Å²) in [5, 5.41) is 11.1. The van der Waals surface area contributed by atoms with Crippen LogP contribution in [0.3, 0.4) is 0 Å². The van der Waals surface area contributed by atoms with E-state index in [1.807, 2.05) is 24.3 Å². The van der Waals surface area contributed by atoms with Gasteiger partial charge in [-0.3, -0.25) is 10.4 Å². The zero-order valence-corrected chi connectivity index (χ0v) is 25.2. The number of carbonyl (C=O) groups is 1. The molecule has 1 amide bonds. The normalized spacial score (nSPS) is 11.8. The van der Waals surface area contributed by atoms with Gasteiger partial charge in [0.15, 0.2) is 11.5 Å². The van der Waals surface area contributed by atoms with E-state index in [1.54, 1.807) is 4.63 Å². The molecule has 0 saturated heterocycles. The van der Waals surface area contributed by atoms with Crippen LogP contribution in [-0.2, 0) is 10.2 Å². The molecular formula is C31H48ClN5O2. The number of fused-ring (bicyclic) bond motifs is 1. The van der Waals surface area contributed by atoms with Gasteiger partial charge in [0, 0.05) is 16.7 Å². The highest BCUT2D eigenvalue weighted by Gasteiger charge is 2.24. The lowest BCUT2D eigenvalue weighted by Gasteiger charge is -2.16. The number of benzene rings is 1. The molecule has 0 spiro atoms. The minimum atomic E-state index is -0.440. The first kappa shape index (κ1) is 31.0. The molecule has 0 saturated carbocycles. The maximum absolute atomic E-state index is 12.3. The summed E-state index contributed by atoms with van der Waals surface area (Å²) in [5.74, 6) is 0.531. The number of aromatic amines is 1. The minimum Gasteiger partial charge on any atom is -0.449 e. The van der Waals surface area contributed by atoms with E-state index < -0.39 is 6.09 Å². The second-order valence-corrected chi connectivity index (χ2v) is 12.0. The zero-order valence-electron chi connectivity index (χ0n) is 24.5.